The third-order valence-corrected chi connectivity index (χ3v) is 3.52. The number of Topliss-reactive ketones (excluding diaryl/α,β-unsaturated/α-hetero) is 1. The Hall–Kier alpha value is -1.40. The van der Waals surface area contributed by atoms with Crippen LogP contribution in [0.1, 0.15) is 29.4 Å². The maximum atomic E-state index is 11.7. The molecule has 0 unspecified atom stereocenters. The van der Waals surface area contributed by atoms with E-state index >= 15 is 0 Å². The van der Waals surface area contributed by atoms with Crippen LogP contribution in [0.3, 0.4) is 0 Å². The maximum Gasteiger partial charge on any atom is 0.220 e. The molecule has 1 aromatic rings. The van der Waals surface area contributed by atoms with Crippen molar-refractivity contribution in [3.05, 3.63) is 21.3 Å². The molecule has 19 heavy (non-hydrogen) atoms. The monoisotopic (exact) mass is 302 g/mol. The van der Waals surface area contributed by atoms with Crippen LogP contribution in [0.5, 0.6) is 0 Å². The molecule has 0 atom stereocenters. The van der Waals surface area contributed by atoms with Gasteiger partial charge in [0.05, 0.1) is 9.21 Å². The van der Waals surface area contributed by atoms with E-state index < -0.39 is 0 Å². The molecule has 2 amide bonds. The van der Waals surface area contributed by atoms with Crippen molar-refractivity contribution in [2.24, 2.45) is 0 Å². The van der Waals surface area contributed by atoms with Gasteiger partial charge in [0.25, 0.3) is 0 Å². The highest BCUT2D eigenvalue weighted by Crippen LogP contribution is 2.22. The van der Waals surface area contributed by atoms with Crippen molar-refractivity contribution in [3.8, 4) is 0 Å². The summed E-state index contributed by atoms with van der Waals surface area (Å²) in [5.74, 6) is -0.436. The molecular weight excluding hydrogens is 288 g/mol. The molecule has 104 valence electrons. The van der Waals surface area contributed by atoms with Gasteiger partial charge in [-0.15, -0.1) is 11.3 Å². The van der Waals surface area contributed by atoms with Gasteiger partial charge in [-0.1, -0.05) is 11.6 Å². The summed E-state index contributed by atoms with van der Waals surface area (Å²) in [6, 6.07) is 3.32. The number of halogens is 1. The van der Waals surface area contributed by atoms with Gasteiger partial charge >= 0.3 is 0 Å². The van der Waals surface area contributed by atoms with Crippen LogP contribution >= 0.6 is 22.9 Å². The molecule has 0 aromatic carbocycles. The van der Waals surface area contributed by atoms with Gasteiger partial charge in [-0.3, -0.25) is 14.4 Å². The zero-order valence-electron chi connectivity index (χ0n) is 10.5. The molecule has 0 spiro atoms. The first kappa shape index (κ1) is 15.7. The summed E-state index contributed by atoms with van der Waals surface area (Å²) in [6.07, 6.45) is 0.289. The van der Waals surface area contributed by atoms with Crippen LogP contribution < -0.4 is 10.6 Å². The Bertz CT molecular complexity index is 473. The molecule has 0 aliphatic heterocycles. The average molecular weight is 303 g/mol. The second-order valence-electron chi connectivity index (χ2n) is 3.86. The van der Waals surface area contributed by atoms with Crippen molar-refractivity contribution in [1.82, 2.24) is 10.6 Å². The van der Waals surface area contributed by atoms with E-state index in [1.54, 1.807) is 12.1 Å². The number of carbonyl (C=O) groups is 3. The Morgan fingerprint density at radius 1 is 1.16 bits per heavy atom. The summed E-state index contributed by atoms with van der Waals surface area (Å²) in [7, 11) is 0. The van der Waals surface area contributed by atoms with Gasteiger partial charge in [-0.05, 0) is 12.1 Å². The van der Waals surface area contributed by atoms with Crippen LogP contribution in [-0.4, -0.2) is 30.7 Å². The molecule has 2 N–H and O–H groups in total. The number of ketones is 1. The molecule has 0 aliphatic carbocycles. The first-order valence-electron chi connectivity index (χ1n) is 5.78. The minimum atomic E-state index is -0.207. The lowest BCUT2D eigenvalue weighted by Crippen LogP contribution is -2.33. The molecule has 1 heterocycles. The summed E-state index contributed by atoms with van der Waals surface area (Å²) in [5, 5.41) is 5.18. The van der Waals surface area contributed by atoms with Crippen LogP contribution in [0, 0.1) is 0 Å². The van der Waals surface area contributed by atoms with Crippen molar-refractivity contribution in [2.75, 3.05) is 13.1 Å². The average Bonchev–Trinajstić information content (AvgIpc) is 2.78. The number of rotatable bonds is 7. The number of carbonyl (C=O) groups excluding carboxylic acids is 3. The van der Waals surface area contributed by atoms with Crippen LogP contribution in [0.25, 0.3) is 0 Å². The minimum absolute atomic E-state index is 0.0890. The summed E-state index contributed by atoms with van der Waals surface area (Å²) < 4.78 is 0.558. The zero-order valence-corrected chi connectivity index (χ0v) is 12.1. The number of nitrogens with one attached hydrogen (secondary N) is 2. The smallest absolute Gasteiger partial charge is 0.220 e. The molecular formula is C12H15ClN2O3S. The lowest BCUT2D eigenvalue weighted by molar-refractivity contribution is -0.122. The Kier molecular flexibility index (Phi) is 6.52. The fourth-order valence-electron chi connectivity index (χ4n) is 1.34. The quantitative estimate of drug-likeness (QED) is 0.593. The lowest BCUT2D eigenvalue weighted by atomic mass is 10.2. The van der Waals surface area contributed by atoms with E-state index in [0.29, 0.717) is 22.3 Å². The highest BCUT2D eigenvalue weighted by atomic mass is 35.5. The molecule has 1 aromatic heterocycles. The van der Waals surface area contributed by atoms with E-state index in [4.69, 9.17) is 11.6 Å². The number of hydrogen-bond acceptors (Lipinski definition) is 4. The van der Waals surface area contributed by atoms with Gasteiger partial charge in [0.1, 0.15) is 0 Å². The summed E-state index contributed by atoms with van der Waals surface area (Å²) >= 11 is 6.94. The van der Waals surface area contributed by atoms with E-state index in [-0.39, 0.29) is 30.4 Å². The molecule has 0 saturated carbocycles. The summed E-state index contributed by atoms with van der Waals surface area (Å²) in [5.41, 5.74) is 0. The van der Waals surface area contributed by atoms with Crippen LogP contribution in [0.2, 0.25) is 4.34 Å². The third-order valence-electron chi connectivity index (χ3n) is 2.25. The van der Waals surface area contributed by atoms with Gasteiger partial charge < -0.3 is 10.6 Å². The van der Waals surface area contributed by atoms with Crippen molar-refractivity contribution >= 4 is 40.5 Å². The molecule has 1 rings (SSSR count). The Morgan fingerprint density at radius 2 is 1.84 bits per heavy atom. The molecule has 0 bridgehead atoms. The second kappa shape index (κ2) is 7.91. The summed E-state index contributed by atoms with van der Waals surface area (Å²) in [4.78, 5) is 34.3. The predicted molar refractivity (Wildman–Crippen MR) is 74.6 cm³/mol. The largest absolute Gasteiger partial charge is 0.355 e. The Morgan fingerprint density at radius 3 is 2.42 bits per heavy atom. The maximum absolute atomic E-state index is 11.7. The van der Waals surface area contributed by atoms with Gasteiger partial charge in [-0.25, -0.2) is 0 Å². The van der Waals surface area contributed by atoms with Crippen LogP contribution in [0.15, 0.2) is 12.1 Å². The first-order chi connectivity index (χ1) is 8.99. The number of amides is 2. The fourth-order valence-corrected chi connectivity index (χ4v) is 2.35. The Balaban J connectivity index is 2.19. The van der Waals surface area contributed by atoms with Gasteiger partial charge in [0, 0.05) is 32.9 Å². The van der Waals surface area contributed by atoms with Crippen molar-refractivity contribution in [2.45, 2.75) is 19.8 Å². The third kappa shape index (κ3) is 6.35. The van der Waals surface area contributed by atoms with E-state index in [1.807, 2.05) is 0 Å². The highest BCUT2D eigenvalue weighted by Gasteiger charge is 2.11. The van der Waals surface area contributed by atoms with Crippen molar-refractivity contribution < 1.29 is 14.4 Å². The van der Waals surface area contributed by atoms with Crippen LogP contribution in [0.4, 0.5) is 0 Å². The molecule has 0 fully saturated rings. The van der Waals surface area contributed by atoms with Crippen LogP contribution in [-0.2, 0) is 9.59 Å². The van der Waals surface area contributed by atoms with Gasteiger partial charge in [0.15, 0.2) is 5.78 Å². The van der Waals surface area contributed by atoms with Crippen molar-refractivity contribution in [1.29, 1.82) is 0 Å². The lowest BCUT2D eigenvalue weighted by Gasteiger charge is -2.04. The van der Waals surface area contributed by atoms with E-state index in [0.717, 1.165) is 0 Å². The molecule has 0 radical (unpaired) electrons. The molecule has 0 saturated heterocycles. The number of thiophene rings is 1. The highest BCUT2D eigenvalue weighted by molar-refractivity contribution is 7.18. The van der Waals surface area contributed by atoms with E-state index in [1.165, 1.54) is 18.3 Å². The van der Waals surface area contributed by atoms with Gasteiger partial charge in [-0.2, -0.15) is 0 Å². The fraction of sp³-hybridized carbons (Fsp3) is 0.417. The topological polar surface area (TPSA) is 75.3 Å². The minimum Gasteiger partial charge on any atom is -0.355 e. The molecule has 5 nitrogen and oxygen atoms in total. The van der Waals surface area contributed by atoms with Crippen molar-refractivity contribution in [3.63, 3.8) is 0 Å². The predicted octanol–water partition coefficient (Wildman–Crippen LogP) is 1.62. The van der Waals surface area contributed by atoms with E-state index in [2.05, 4.69) is 10.6 Å². The number of hydrogen-bond donors (Lipinski definition) is 2. The Labute approximate surface area is 120 Å². The van der Waals surface area contributed by atoms with E-state index in [9.17, 15) is 14.4 Å². The SMILES string of the molecule is CC(=O)NCCNC(=O)CCC(=O)c1ccc(Cl)s1. The zero-order chi connectivity index (χ0) is 14.3. The summed E-state index contributed by atoms with van der Waals surface area (Å²) in [6.45, 7) is 2.15. The molecule has 7 heteroatoms. The standard InChI is InChI=1S/C12H15ClN2O3S/c1-8(16)14-6-7-15-12(18)5-2-9(17)10-3-4-11(13)19-10/h3-4H,2,5-7H2,1H3,(H,14,16)(H,15,18). The first-order valence-corrected chi connectivity index (χ1v) is 6.98. The second-order valence-corrected chi connectivity index (χ2v) is 5.57. The molecule has 0 aliphatic rings. The van der Waals surface area contributed by atoms with Gasteiger partial charge in [0.2, 0.25) is 11.8 Å². The normalized spacial score (nSPS) is 10.0.